The minimum absolute atomic E-state index is 0.246. The first-order valence-corrected chi connectivity index (χ1v) is 10.8. The van der Waals surface area contributed by atoms with Gasteiger partial charge in [0.1, 0.15) is 13.2 Å². The van der Waals surface area contributed by atoms with Crippen molar-refractivity contribution in [2.75, 3.05) is 18.5 Å². The number of pyridine rings is 1. The summed E-state index contributed by atoms with van der Waals surface area (Å²) in [4.78, 5) is 18.3. The van der Waals surface area contributed by atoms with Crippen LogP contribution in [-0.4, -0.2) is 24.1 Å². The summed E-state index contributed by atoms with van der Waals surface area (Å²) in [6.45, 7) is 2.86. The predicted octanol–water partition coefficient (Wildman–Crippen LogP) is 6.54. The Bertz CT molecular complexity index is 1370. The lowest BCUT2D eigenvalue weighted by Crippen LogP contribution is -2.17. The van der Waals surface area contributed by atoms with Crippen molar-refractivity contribution >= 4 is 45.7 Å². The van der Waals surface area contributed by atoms with Crippen molar-refractivity contribution in [1.82, 2.24) is 4.98 Å². The van der Waals surface area contributed by atoms with E-state index >= 15 is 0 Å². The molecule has 5 nitrogen and oxygen atoms in total. The van der Waals surface area contributed by atoms with Gasteiger partial charge in [0.05, 0.1) is 21.8 Å². The summed E-state index contributed by atoms with van der Waals surface area (Å²) in [7, 11) is 0. The number of anilines is 1. The Kier molecular flexibility index (Phi) is 5.37. The van der Waals surface area contributed by atoms with Crippen molar-refractivity contribution < 1.29 is 14.3 Å². The Morgan fingerprint density at radius 3 is 2.56 bits per heavy atom. The summed E-state index contributed by atoms with van der Waals surface area (Å²) in [6.07, 6.45) is 0. The van der Waals surface area contributed by atoms with E-state index < -0.39 is 0 Å². The van der Waals surface area contributed by atoms with Gasteiger partial charge in [0.15, 0.2) is 11.5 Å². The fourth-order valence-corrected chi connectivity index (χ4v) is 4.36. The van der Waals surface area contributed by atoms with Gasteiger partial charge in [-0.25, -0.2) is 4.98 Å². The zero-order chi connectivity index (χ0) is 22.2. The van der Waals surface area contributed by atoms with Crippen LogP contribution in [0.5, 0.6) is 11.5 Å². The van der Waals surface area contributed by atoms with Gasteiger partial charge in [0.2, 0.25) is 0 Å². The van der Waals surface area contributed by atoms with E-state index in [0.29, 0.717) is 62.8 Å². The third-order valence-electron chi connectivity index (χ3n) is 5.35. The molecule has 0 bridgehead atoms. The quantitative estimate of drug-likeness (QED) is 0.373. The molecule has 0 radical (unpaired) electrons. The summed E-state index contributed by atoms with van der Waals surface area (Å²) in [5.74, 6) is 1.03. The number of carbonyl (C=O) groups excluding carboxylic acids is 1. The molecule has 160 valence electrons. The van der Waals surface area contributed by atoms with Crippen LogP contribution in [0.4, 0.5) is 5.69 Å². The van der Waals surface area contributed by atoms with E-state index in [2.05, 4.69) is 5.32 Å². The van der Waals surface area contributed by atoms with Gasteiger partial charge in [0.25, 0.3) is 5.91 Å². The highest BCUT2D eigenvalue weighted by Gasteiger charge is 2.21. The lowest BCUT2D eigenvalue weighted by atomic mass is 9.97. The predicted molar refractivity (Wildman–Crippen MR) is 127 cm³/mol. The number of aromatic nitrogens is 1. The number of carbonyl (C=O) groups is 1. The molecular formula is C25H18Cl2N2O3. The van der Waals surface area contributed by atoms with Crippen molar-refractivity contribution in [3.8, 4) is 22.8 Å². The second-order valence-electron chi connectivity index (χ2n) is 7.41. The lowest BCUT2D eigenvalue weighted by molar-refractivity contribution is 0.102. The largest absolute Gasteiger partial charge is 0.486 e. The van der Waals surface area contributed by atoms with Gasteiger partial charge in [-0.15, -0.1) is 0 Å². The highest BCUT2D eigenvalue weighted by Crippen LogP contribution is 2.36. The van der Waals surface area contributed by atoms with Crippen LogP contribution in [0.25, 0.3) is 22.2 Å². The van der Waals surface area contributed by atoms with Crippen molar-refractivity contribution in [3.05, 3.63) is 81.8 Å². The maximum atomic E-state index is 13.5. The van der Waals surface area contributed by atoms with Crippen molar-refractivity contribution in [1.29, 1.82) is 0 Å². The molecule has 4 aromatic rings. The number of fused-ring (bicyclic) bond motifs is 2. The monoisotopic (exact) mass is 464 g/mol. The molecule has 0 saturated carbocycles. The highest BCUT2D eigenvalue weighted by molar-refractivity contribution is 6.36. The molecule has 32 heavy (non-hydrogen) atoms. The van der Waals surface area contributed by atoms with E-state index in [0.717, 1.165) is 10.9 Å². The normalized spacial score (nSPS) is 12.6. The van der Waals surface area contributed by atoms with Crippen molar-refractivity contribution in [3.63, 3.8) is 0 Å². The number of amides is 1. The van der Waals surface area contributed by atoms with Crippen LogP contribution in [0, 0.1) is 6.92 Å². The van der Waals surface area contributed by atoms with Gasteiger partial charge in [-0.2, -0.15) is 0 Å². The Balaban J connectivity index is 1.61. The van der Waals surface area contributed by atoms with Gasteiger partial charge in [-0.3, -0.25) is 4.79 Å². The number of nitrogens with zero attached hydrogens (tertiary/aromatic N) is 1. The van der Waals surface area contributed by atoms with Gasteiger partial charge < -0.3 is 14.8 Å². The Morgan fingerprint density at radius 1 is 0.969 bits per heavy atom. The number of hydrogen-bond donors (Lipinski definition) is 1. The molecule has 0 atom stereocenters. The van der Waals surface area contributed by atoms with E-state index in [1.807, 2.05) is 37.3 Å². The van der Waals surface area contributed by atoms with E-state index in [1.54, 1.807) is 30.3 Å². The summed E-state index contributed by atoms with van der Waals surface area (Å²) in [5.41, 5.74) is 3.93. The lowest BCUT2D eigenvalue weighted by Gasteiger charge is -2.19. The summed E-state index contributed by atoms with van der Waals surface area (Å²) < 4.78 is 11.2. The Hall–Kier alpha value is -3.28. The van der Waals surface area contributed by atoms with Gasteiger partial charge in [-0.05, 0) is 48.9 Å². The molecule has 1 aliphatic rings. The van der Waals surface area contributed by atoms with Gasteiger partial charge in [0, 0.05) is 27.7 Å². The van der Waals surface area contributed by atoms with Crippen molar-refractivity contribution in [2.24, 2.45) is 0 Å². The molecule has 0 saturated heterocycles. The number of hydrogen-bond acceptors (Lipinski definition) is 4. The first kappa shape index (κ1) is 20.6. The SMILES string of the molecule is Cc1c(-c2ccc(Cl)cc2Cl)nc2ccccc2c1C(=O)Nc1ccc2c(c1)OCCO2. The second kappa shape index (κ2) is 8.34. The third-order valence-corrected chi connectivity index (χ3v) is 5.90. The van der Waals surface area contributed by atoms with Crippen LogP contribution in [0.3, 0.4) is 0 Å². The van der Waals surface area contributed by atoms with Crippen molar-refractivity contribution in [2.45, 2.75) is 6.92 Å². The van der Waals surface area contributed by atoms with Gasteiger partial charge in [-0.1, -0.05) is 41.4 Å². The summed E-state index contributed by atoms with van der Waals surface area (Å²) in [6, 6.07) is 18.1. The molecule has 1 aliphatic heterocycles. The van der Waals surface area contributed by atoms with E-state index in [9.17, 15) is 4.79 Å². The van der Waals surface area contributed by atoms with E-state index in [4.69, 9.17) is 37.7 Å². The molecule has 1 aromatic heterocycles. The van der Waals surface area contributed by atoms with Crippen LogP contribution in [-0.2, 0) is 0 Å². The van der Waals surface area contributed by atoms with Crippen LogP contribution < -0.4 is 14.8 Å². The zero-order valence-electron chi connectivity index (χ0n) is 17.1. The first-order valence-electron chi connectivity index (χ1n) is 10.1. The van der Waals surface area contributed by atoms with Crippen LogP contribution in [0.15, 0.2) is 60.7 Å². The minimum Gasteiger partial charge on any atom is -0.486 e. The average Bonchev–Trinajstić information content (AvgIpc) is 2.79. The number of benzene rings is 3. The van der Waals surface area contributed by atoms with Crippen LogP contribution >= 0.6 is 23.2 Å². The molecule has 5 rings (SSSR count). The molecule has 3 aromatic carbocycles. The number of nitrogens with one attached hydrogen (secondary N) is 1. The molecule has 1 N–H and O–H groups in total. The summed E-state index contributed by atoms with van der Waals surface area (Å²) in [5, 5.41) is 4.76. The number of ether oxygens (including phenoxy) is 2. The molecule has 0 fully saturated rings. The fraction of sp³-hybridized carbons (Fsp3) is 0.120. The highest BCUT2D eigenvalue weighted by atomic mass is 35.5. The Morgan fingerprint density at radius 2 is 1.75 bits per heavy atom. The fourth-order valence-electron chi connectivity index (χ4n) is 3.86. The number of halogens is 2. The molecule has 0 aliphatic carbocycles. The smallest absolute Gasteiger partial charge is 0.256 e. The Labute approximate surface area is 194 Å². The standard InChI is InChI=1S/C25H18Cl2N2O3/c1-14-23(25(30)28-16-7-9-21-22(13-16)32-11-10-31-21)18-4-2-3-5-20(18)29-24(14)17-8-6-15(26)12-19(17)27/h2-9,12-13H,10-11H2,1H3,(H,28,30). The molecule has 0 spiro atoms. The molecule has 1 amide bonds. The number of para-hydroxylation sites is 1. The number of rotatable bonds is 3. The first-order chi connectivity index (χ1) is 15.5. The van der Waals surface area contributed by atoms with E-state index in [-0.39, 0.29) is 5.91 Å². The molecule has 7 heteroatoms. The maximum Gasteiger partial charge on any atom is 0.256 e. The zero-order valence-corrected chi connectivity index (χ0v) is 18.6. The van der Waals surface area contributed by atoms with E-state index in [1.165, 1.54) is 0 Å². The van der Waals surface area contributed by atoms with Gasteiger partial charge >= 0.3 is 0 Å². The summed E-state index contributed by atoms with van der Waals surface area (Å²) >= 11 is 12.5. The topological polar surface area (TPSA) is 60.5 Å². The second-order valence-corrected chi connectivity index (χ2v) is 8.26. The van der Waals surface area contributed by atoms with Crippen LogP contribution in [0.1, 0.15) is 15.9 Å². The average molecular weight is 465 g/mol. The van der Waals surface area contributed by atoms with Crippen LogP contribution in [0.2, 0.25) is 10.0 Å². The minimum atomic E-state index is -0.246. The third kappa shape index (κ3) is 3.74. The molecule has 0 unspecified atom stereocenters. The molecular weight excluding hydrogens is 447 g/mol. The maximum absolute atomic E-state index is 13.5. The molecule has 2 heterocycles.